The van der Waals surface area contributed by atoms with Crippen molar-refractivity contribution in [1.82, 2.24) is 10.4 Å². The Morgan fingerprint density at radius 2 is 2.13 bits per heavy atom. The van der Waals surface area contributed by atoms with Crippen LogP contribution >= 0.6 is 0 Å². The van der Waals surface area contributed by atoms with Crippen LogP contribution in [0.3, 0.4) is 0 Å². The monoisotopic (exact) mass is 209 g/mol. The van der Waals surface area contributed by atoms with Gasteiger partial charge in [-0.15, -0.1) is 0 Å². The van der Waals surface area contributed by atoms with Gasteiger partial charge in [-0.25, -0.2) is 5.01 Å². The summed E-state index contributed by atoms with van der Waals surface area (Å²) in [5.74, 6) is 0.154. The molecule has 0 heterocycles. The van der Waals surface area contributed by atoms with E-state index in [0.29, 0.717) is 17.0 Å². The molecule has 1 amide bonds. The number of benzene rings is 1. The molecule has 0 bridgehead atoms. The molecule has 1 aromatic carbocycles. The van der Waals surface area contributed by atoms with Crippen LogP contribution < -0.4 is 15.9 Å². The second-order valence-corrected chi connectivity index (χ2v) is 3.26. The van der Waals surface area contributed by atoms with Crippen LogP contribution in [0.25, 0.3) is 0 Å². The largest absolute Gasteiger partial charge is 0.494 e. The molecule has 0 radical (unpaired) electrons. The Hall–Kier alpha value is -1.75. The molecule has 5 heteroatoms. The second-order valence-electron chi connectivity index (χ2n) is 3.26. The fourth-order valence-electron chi connectivity index (χ4n) is 1.22. The van der Waals surface area contributed by atoms with E-state index in [1.807, 2.05) is 0 Å². The molecular weight excluding hydrogens is 194 g/mol. The zero-order chi connectivity index (χ0) is 11.4. The first-order valence-corrected chi connectivity index (χ1v) is 4.47. The molecule has 0 atom stereocenters. The van der Waals surface area contributed by atoms with E-state index in [2.05, 4.69) is 5.43 Å². The highest BCUT2D eigenvalue weighted by Gasteiger charge is 2.14. The summed E-state index contributed by atoms with van der Waals surface area (Å²) in [5, 5.41) is 1.56. The van der Waals surface area contributed by atoms with Crippen LogP contribution in [-0.2, 0) is 0 Å². The molecule has 0 unspecified atom stereocenters. The highest BCUT2D eigenvalue weighted by Crippen LogP contribution is 2.25. The van der Waals surface area contributed by atoms with E-state index in [1.54, 1.807) is 37.3 Å². The number of anilines is 1. The number of ether oxygens (including phenoxy) is 1. The molecule has 3 N–H and O–H groups in total. The maximum Gasteiger partial charge on any atom is 0.269 e. The number of amides is 1. The number of hydrazine groups is 1. The summed E-state index contributed by atoms with van der Waals surface area (Å²) in [6, 6.07) is 5.06. The van der Waals surface area contributed by atoms with E-state index >= 15 is 0 Å². The number of para-hydroxylation sites is 1. The Morgan fingerprint density at radius 3 is 2.67 bits per heavy atom. The molecule has 82 valence electrons. The molecule has 0 aromatic heterocycles. The molecular formula is C10H15N3O2. The van der Waals surface area contributed by atoms with Crippen molar-refractivity contribution < 1.29 is 9.53 Å². The number of hydrogen-bond donors (Lipinski definition) is 2. The minimum atomic E-state index is -0.246. The summed E-state index contributed by atoms with van der Waals surface area (Å²) in [4.78, 5) is 11.7. The number of rotatable bonds is 3. The van der Waals surface area contributed by atoms with Gasteiger partial charge in [-0.3, -0.25) is 10.2 Å². The van der Waals surface area contributed by atoms with Gasteiger partial charge in [0.25, 0.3) is 5.91 Å². The Kier molecular flexibility index (Phi) is 3.51. The fourth-order valence-corrected chi connectivity index (χ4v) is 1.22. The maximum absolute atomic E-state index is 11.7. The normalized spacial score (nSPS) is 10.1. The maximum atomic E-state index is 11.7. The molecule has 1 aromatic rings. The lowest BCUT2D eigenvalue weighted by Crippen LogP contribution is -2.36. The zero-order valence-corrected chi connectivity index (χ0v) is 9.07. The van der Waals surface area contributed by atoms with Crippen LogP contribution in [0.4, 0.5) is 5.69 Å². The lowest BCUT2D eigenvalue weighted by molar-refractivity contribution is 0.0854. The van der Waals surface area contributed by atoms with E-state index in [-0.39, 0.29) is 5.91 Å². The number of nitrogens with zero attached hydrogens (tertiary/aromatic N) is 1. The summed E-state index contributed by atoms with van der Waals surface area (Å²) in [7, 11) is 4.95. The summed E-state index contributed by atoms with van der Waals surface area (Å²) in [5.41, 5.74) is 9.17. The van der Waals surface area contributed by atoms with Gasteiger partial charge >= 0.3 is 0 Å². The highest BCUT2D eigenvalue weighted by atomic mass is 16.5. The van der Waals surface area contributed by atoms with Crippen molar-refractivity contribution in [2.24, 2.45) is 0 Å². The molecule has 0 fully saturated rings. The van der Waals surface area contributed by atoms with Crippen molar-refractivity contribution in [1.29, 1.82) is 0 Å². The zero-order valence-electron chi connectivity index (χ0n) is 9.07. The van der Waals surface area contributed by atoms with Gasteiger partial charge in [0, 0.05) is 14.1 Å². The van der Waals surface area contributed by atoms with E-state index in [1.165, 1.54) is 7.11 Å². The molecule has 0 saturated carbocycles. The van der Waals surface area contributed by atoms with Gasteiger partial charge in [0.05, 0.1) is 18.4 Å². The van der Waals surface area contributed by atoms with Crippen molar-refractivity contribution in [3.8, 4) is 5.75 Å². The van der Waals surface area contributed by atoms with Gasteiger partial charge in [-0.1, -0.05) is 6.07 Å². The van der Waals surface area contributed by atoms with Crippen LogP contribution in [0.5, 0.6) is 5.75 Å². The van der Waals surface area contributed by atoms with E-state index in [0.717, 1.165) is 0 Å². The Balaban J connectivity index is 3.03. The molecule has 0 saturated heterocycles. The minimum absolute atomic E-state index is 0.246. The van der Waals surface area contributed by atoms with Crippen LogP contribution in [0, 0.1) is 0 Å². The minimum Gasteiger partial charge on any atom is -0.494 e. The van der Waals surface area contributed by atoms with Crippen molar-refractivity contribution >= 4 is 11.6 Å². The third kappa shape index (κ3) is 2.60. The van der Waals surface area contributed by atoms with Crippen LogP contribution in [0.1, 0.15) is 10.4 Å². The average Bonchev–Trinajstić information content (AvgIpc) is 2.16. The smallest absolute Gasteiger partial charge is 0.269 e. The van der Waals surface area contributed by atoms with Gasteiger partial charge in [0.2, 0.25) is 0 Å². The van der Waals surface area contributed by atoms with Gasteiger partial charge < -0.3 is 10.5 Å². The van der Waals surface area contributed by atoms with Gasteiger partial charge in [-0.2, -0.15) is 0 Å². The summed E-state index contributed by atoms with van der Waals surface area (Å²) in [6.07, 6.45) is 0. The summed E-state index contributed by atoms with van der Waals surface area (Å²) < 4.78 is 5.07. The molecule has 1 rings (SSSR count). The quantitative estimate of drug-likeness (QED) is 0.561. The first-order valence-electron chi connectivity index (χ1n) is 4.47. The van der Waals surface area contributed by atoms with E-state index < -0.39 is 0 Å². The number of carbonyl (C=O) groups is 1. The lowest BCUT2D eigenvalue weighted by Gasteiger charge is -2.14. The number of carbonyl (C=O) groups excluding carboxylic acids is 1. The third-order valence-corrected chi connectivity index (χ3v) is 1.82. The highest BCUT2D eigenvalue weighted by molar-refractivity contribution is 5.98. The predicted molar refractivity (Wildman–Crippen MR) is 58.6 cm³/mol. The molecule has 0 spiro atoms. The number of nitrogens with two attached hydrogens (primary N) is 1. The molecule has 0 aliphatic rings. The van der Waals surface area contributed by atoms with Crippen molar-refractivity contribution in [3.05, 3.63) is 23.8 Å². The predicted octanol–water partition coefficient (Wildman–Crippen LogP) is 0.484. The SMILES string of the molecule is COc1c(N)cccc1C(=O)NN(C)C. The third-order valence-electron chi connectivity index (χ3n) is 1.82. The summed E-state index contributed by atoms with van der Waals surface area (Å²) in [6.45, 7) is 0. The topological polar surface area (TPSA) is 67.6 Å². The molecule has 5 nitrogen and oxygen atoms in total. The van der Waals surface area contributed by atoms with Gasteiger partial charge in [-0.05, 0) is 12.1 Å². The van der Waals surface area contributed by atoms with Crippen molar-refractivity contribution in [3.63, 3.8) is 0 Å². The first-order chi connectivity index (χ1) is 7.06. The molecule has 0 aliphatic carbocycles. The lowest BCUT2D eigenvalue weighted by atomic mass is 10.1. The second kappa shape index (κ2) is 4.65. The summed E-state index contributed by atoms with van der Waals surface area (Å²) >= 11 is 0. The van der Waals surface area contributed by atoms with Crippen LogP contribution in [0.2, 0.25) is 0 Å². The Labute approximate surface area is 88.8 Å². The van der Waals surface area contributed by atoms with Gasteiger partial charge in [0.15, 0.2) is 5.75 Å². The number of nitrogens with one attached hydrogen (secondary N) is 1. The van der Waals surface area contributed by atoms with Crippen molar-refractivity contribution in [2.45, 2.75) is 0 Å². The fraction of sp³-hybridized carbons (Fsp3) is 0.300. The number of methoxy groups -OCH3 is 1. The molecule has 15 heavy (non-hydrogen) atoms. The first kappa shape index (κ1) is 11.3. The molecule has 0 aliphatic heterocycles. The number of hydrogen-bond acceptors (Lipinski definition) is 4. The Morgan fingerprint density at radius 1 is 1.47 bits per heavy atom. The standard InChI is InChI=1S/C10H15N3O2/c1-13(2)12-10(14)7-5-4-6-8(11)9(7)15-3/h4-6H,11H2,1-3H3,(H,12,14). The Bertz CT molecular complexity index is 364. The van der Waals surface area contributed by atoms with E-state index in [9.17, 15) is 4.79 Å². The van der Waals surface area contributed by atoms with E-state index in [4.69, 9.17) is 10.5 Å². The van der Waals surface area contributed by atoms with Crippen LogP contribution in [-0.4, -0.2) is 32.1 Å². The van der Waals surface area contributed by atoms with Gasteiger partial charge in [0.1, 0.15) is 0 Å². The van der Waals surface area contributed by atoms with Crippen LogP contribution in [0.15, 0.2) is 18.2 Å². The average molecular weight is 209 g/mol. The van der Waals surface area contributed by atoms with Crippen molar-refractivity contribution in [2.75, 3.05) is 26.9 Å². The number of nitrogen functional groups attached to an aromatic ring is 1.